The molecule has 4 rings (SSSR count). The molecule has 0 aromatic heterocycles. The monoisotopic (exact) mass is 312 g/mol. The van der Waals surface area contributed by atoms with E-state index in [-0.39, 0.29) is 5.41 Å². The van der Waals surface area contributed by atoms with Gasteiger partial charge >= 0.3 is 0 Å². The molecule has 0 bridgehead atoms. The van der Waals surface area contributed by atoms with Crippen molar-refractivity contribution in [1.29, 1.82) is 0 Å². The van der Waals surface area contributed by atoms with Crippen LogP contribution >= 0.6 is 0 Å². The van der Waals surface area contributed by atoms with Crippen molar-refractivity contribution in [3.63, 3.8) is 0 Å². The van der Waals surface area contributed by atoms with Gasteiger partial charge in [-0.1, -0.05) is 25.1 Å². The maximum atomic E-state index is 11.2. The zero-order valence-corrected chi connectivity index (χ0v) is 14.3. The minimum atomic E-state index is -0.618. The molecule has 2 nitrogen and oxygen atoms in total. The van der Waals surface area contributed by atoms with E-state index in [0.717, 1.165) is 32.1 Å². The van der Waals surface area contributed by atoms with E-state index in [1.54, 1.807) is 0 Å². The number of hydrogen-bond donors (Lipinski definition) is 2. The molecule has 0 aliphatic heterocycles. The van der Waals surface area contributed by atoms with Gasteiger partial charge in [-0.25, -0.2) is 0 Å². The third kappa shape index (κ3) is 2.04. The van der Waals surface area contributed by atoms with Gasteiger partial charge in [0.2, 0.25) is 0 Å². The molecular weight excluding hydrogens is 284 g/mol. The fourth-order valence-electron chi connectivity index (χ4n) is 6.17. The van der Waals surface area contributed by atoms with Crippen molar-refractivity contribution in [2.24, 2.45) is 17.3 Å². The summed E-state index contributed by atoms with van der Waals surface area (Å²) in [7, 11) is 0. The first kappa shape index (κ1) is 15.3. The number of allylic oxidation sites excluding steroid dienone is 1. The lowest BCUT2D eigenvalue weighted by atomic mass is 9.53. The lowest BCUT2D eigenvalue weighted by Crippen LogP contribution is -2.49. The third-order valence-corrected chi connectivity index (χ3v) is 7.37. The first-order valence-electron chi connectivity index (χ1n) is 9.16. The van der Waals surface area contributed by atoms with E-state index in [4.69, 9.17) is 0 Å². The molecule has 3 aliphatic carbocycles. The summed E-state index contributed by atoms with van der Waals surface area (Å²) in [6.07, 6.45) is 10.7. The minimum Gasteiger partial charge on any atom is -0.508 e. The van der Waals surface area contributed by atoms with Crippen LogP contribution in [0.5, 0.6) is 5.75 Å². The largest absolute Gasteiger partial charge is 0.508 e. The van der Waals surface area contributed by atoms with E-state index in [0.29, 0.717) is 23.5 Å². The van der Waals surface area contributed by atoms with Crippen LogP contribution in [0.2, 0.25) is 0 Å². The SMILES string of the molecule is C/C=C\[C@]1(O)CC[C@H]2[C@@H]3CCc4cc(O)ccc4[C@H]3CC[C@@]21C. The average molecular weight is 312 g/mol. The summed E-state index contributed by atoms with van der Waals surface area (Å²) in [5, 5.41) is 21.0. The summed E-state index contributed by atoms with van der Waals surface area (Å²) < 4.78 is 0. The second kappa shape index (κ2) is 5.11. The van der Waals surface area contributed by atoms with Crippen LogP contribution in [-0.2, 0) is 6.42 Å². The second-order valence-electron chi connectivity index (χ2n) is 8.22. The standard InChI is InChI=1S/C21H28O2/c1-3-10-21(23)12-9-19-18-6-4-14-13-15(22)5-7-16(14)17(18)8-11-20(19,21)2/h3,5,7,10,13,17-19,22-23H,4,6,8-9,11-12H2,1-2H3/b10-3-/t17-,18-,19+,20+,21+/m1/s1. The van der Waals surface area contributed by atoms with Gasteiger partial charge < -0.3 is 10.2 Å². The second-order valence-corrected chi connectivity index (χ2v) is 8.22. The van der Waals surface area contributed by atoms with Crippen molar-refractivity contribution in [3.05, 3.63) is 41.5 Å². The fourth-order valence-corrected chi connectivity index (χ4v) is 6.17. The van der Waals surface area contributed by atoms with E-state index in [2.05, 4.69) is 19.1 Å². The van der Waals surface area contributed by atoms with Crippen LogP contribution in [0.15, 0.2) is 30.4 Å². The maximum Gasteiger partial charge on any atom is 0.115 e. The highest BCUT2D eigenvalue weighted by molar-refractivity contribution is 5.40. The van der Waals surface area contributed by atoms with Gasteiger partial charge in [-0.05, 0) is 86.5 Å². The molecular formula is C21H28O2. The Kier molecular flexibility index (Phi) is 3.39. The molecule has 0 radical (unpaired) electrons. The van der Waals surface area contributed by atoms with Crippen LogP contribution in [0.25, 0.3) is 0 Å². The van der Waals surface area contributed by atoms with Gasteiger partial charge in [-0.2, -0.15) is 0 Å². The number of phenolic OH excluding ortho intramolecular Hbond substituents is 1. The number of aryl methyl sites for hydroxylation is 1. The highest BCUT2D eigenvalue weighted by Crippen LogP contribution is 2.64. The van der Waals surface area contributed by atoms with E-state index in [1.165, 1.54) is 17.5 Å². The first-order valence-corrected chi connectivity index (χ1v) is 9.16. The summed E-state index contributed by atoms with van der Waals surface area (Å²) in [6.45, 7) is 4.34. The first-order chi connectivity index (χ1) is 11.0. The Morgan fingerprint density at radius 3 is 2.78 bits per heavy atom. The van der Waals surface area contributed by atoms with Gasteiger partial charge in [0.15, 0.2) is 0 Å². The van der Waals surface area contributed by atoms with Crippen LogP contribution in [0.3, 0.4) is 0 Å². The predicted octanol–water partition coefficient (Wildman–Crippen LogP) is 4.56. The topological polar surface area (TPSA) is 40.5 Å². The highest BCUT2D eigenvalue weighted by Gasteiger charge is 2.60. The van der Waals surface area contributed by atoms with Gasteiger partial charge in [0.05, 0.1) is 5.60 Å². The Morgan fingerprint density at radius 1 is 1.17 bits per heavy atom. The van der Waals surface area contributed by atoms with Crippen molar-refractivity contribution in [3.8, 4) is 5.75 Å². The van der Waals surface area contributed by atoms with Crippen molar-refractivity contribution in [1.82, 2.24) is 0 Å². The number of aliphatic hydroxyl groups is 1. The van der Waals surface area contributed by atoms with Crippen molar-refractivity contribution < 1.29 is 10.2 Å². The fraction of sp³-hybridized carbons (Fsp3) is 0.619. The van der Waals surface area contributed by atoms with E-state index in [9.17, 15) is 10.2 Å². The quantitative estimate of drug-likeness (QED) is 0.747. The Bertz CT molecular complexity index is 649. The maximum absolute atomic E-state index is 11.2. The van der Waals surface area contributed by atoms with Crippen molar-refractivity contribution in [2.75, 3.05) is 0 Å². The summed E-state index contributed by atoms with van der Waals surface area (Å²) in [5.74, 6) is 2.31. The molecule has 0 unspecified atom stereocenters. The third-order valence-electron chi connectivity index (χ3n) is 7.37. The number of benzene rings is 1. The summed E-state index contributed by atoms with van der Waals surface area (Å²) in [6, 6.07) is 5.96. The molecule has 2 heteroatoms. The smallest absolute Gasteiger partial charge is 0.115 e. The van der Waals surface area contributed by atoms with Gasteiger partial charge in [0, 0.05) is 5.41 Å². The van der Waals surface area contributed by atoms with E-state index in [1.807, 2.05) is 25.1 Å². The number of phenols is 1. The molecule has 0 amide bonds. The number of fused-ring (bicyclic) bond motifs is 5. The molecule has 5 atom stereocenters. The van der Waals surface area contributed by atoms with Crippen LogP contribution in [0.1, 0.15) is 63.0 Å². The number of aromatic hydroxyl groups is 1. The molecule has 124 valence electrons. The van der Waals surface area contributed by atoms with Gasteiger partial charge in [-0.15, -0.1) is 0 Å². The van der Waals surface area contributed by atoms with Gasteiger partial charge in [0.25, 0.3) is 0 Å². The molecule has 2 fully saturated rings. The number of hydrogen-bond acceptors (Lipinski definition) is 2. The zero-order chi connectivity index (χ0) is 16.2. The Hall–Kier alpha value is -1.28. The van der Waals surface area contributed by atoms with Gasteiger partial charge in [0.1, 0.15) is 5.75 Å². The van der Waals surface area contributed by atoms with Crippen molar-refractivity contribution >= 4 is 0 Å². The van der Waals surface area contributed by atoms with E-state index >= 15 is 0 Å². The number of rotatable bonds is 1. The molecule has 0 spiro atoms. The minimum absolute atomic E-state index is 0.0229. The molecule has 3 aliphatic rings. The van der Waals surface area contributed by atoms with Crippen LogP contribution in [0.4, 0.5) is 0 Å². The van der Waals surface area contributed by atoms with Crippen molar-refractivity contribution in [2.45, 2.75) is 63.9 Å². The molecule has 2 N–H and O–H groups in total. The molecule has 23 heavy (non-hydrogen) atoms. The molecule has 2 saturated carbocycles. The zero-order valence-electron chi connectivity index (χ0n) is 14.3. The highest BCUT2D eigenvalue weighted by atomic mass is 16.3. The van der Waals surface area contributed by atoms with Gasteiger partial charge in [-0.3, -0.25) is 0 Å². The molecule has 0 saturated heterocycles. The Labute approximate surface area is 139 Å². The Balaban J connectivity index is 1.70. The molecule has 1 aromatic carbocycles. The summed E-state index contributed by atoms with van der Waals surface area (Å²) in [5.41, 5.74) is 2.21. The molecule has 0 heterocycles. The Morgan fingerprint density at radius 2 is 2.00 bits per heavy atom. The van der Waals surface area contributed by atoms with E-state index < -0.39 is 5.60 Å². The normalized spacial score (nSPS) is 42.3. The van der Waals surface area contributed by atoms with Crippen LogP contribution in [-0.4, -0.2) is 15.8 Å². The lowest BCUT2D eigenvalue weighted by molar-refractivity contribution is -0.0710. The van der Waals surface area contributed by atoms with Crippen LogP contribution in [0, 0.1) is 17.3 Å². The average Bonchev–Trinajstić information content (AvgIpc) is 2.79. The predicted molar refractivity (Wildman–Crippen MR) is 92.5 cm³/mol. The molecule has 1 aromatic rings. The van der Waals surface area contributed by atoms with Crippen LogP contribution < -0.4 is 0 Å². The summed E-state index contributed by atoms with van der Waals surface area (Å²) >= 11 is 0. The lowest BCUT2D eigenvalue weighted by Gasteiger charge is -2.52. The summed E-state index contributed by atoms with van der Waals surface area (Å²) in [4.78, 5) is 0.